The number of rotatable bonds is 13. The quantitative estimate of drug-likeness (QED) is 0.266. The van der Waals surface area contributed by atoms with Crippen LogP contribution in [0.15, 0.2) is 11.6 Å². The minimum Gasteiger partial charge on any atom is -0.394 e. The molecule has 2 aliphatic rings. The van der Waals surface area contributed by atoms with E-state index in [1.54, 1.807) is 23.8 Å². The van der Waals surface area contributed by atoms with E-state index in [-0.39, 0.29) is 54.3 Å². The van der Waals surface area contributed by atoms with Gasteiger partial charge in [-0.2, -0.15) is 0 Å². The van der Waals surface area contributed by atoms with Gasteiger partial charge in [0.25, 0.3) is 0 Å². The van der Waals surface area contributed by atoms with Gasteiger partial charge in [-0.05, 0) is 76.7 Å². The number of nitrogens with one attached hydrogen (secondary N) is 2. The van der Waals surface area contributed by atoms with Crippen molar-refractivity contribution in [3.8, 4) is 0 Å². The number of aliphatic hydroxyl groups excluding tert-OH is 1. The average Bonchev–Trinajstić information content (AvgIpc) is 3.46. The summed E-state index contributed by atoms with van der Waals surface area (Å²) in [6, 6.07) is -2.10. The van der Waals surface area contributed by atoms with Crippen molar-refractivity contribution in [2.45, 2.75) is 144 Å². The van der Waals surface area contributed by atoms with Gasteiger partial charge in [-0.1, -0.05) is 61.0 Å². The maximum atomic E-state index is 14.1. The van der Waals surface area contributed by atoms with Crippen LogP contribution < -0.4 is 10.6 Å². The molecular formula is C35H63N5O5. The number of likely N-dealkylation sites (N-methyl/N-ethyl adjacent to an activating group) is 1. The summed E-state index contributed by atoms with van der Waals surface area (Å²) >= 11 is 0. The van der Waals surface area contributed by atoms with Crippen molar-refractivity contribution in [2.75, 3.05) is 26.7 Å². The van der Waals surface area contributed by atoms with Crippen LogP contribution in [0.4, 0.5) is 0 Å². The molecule has 0 aromatic heterocycles. The minimum absolute atomic E-state index is 0.00758. The van der Waals surface area contributed by atoms with Gasteiger partial charge in [0.15, 0.2) is 0 Å². The molecular weight excluding hydrogens is 570 g/mol. The second-order valence-corrected chi connectivity index (χ2v) is 15.4. The van der Waals surface area contributed by atoms with E-state index >= 15 is 0 Å². The second kappa shape index (κ2) is 16.9. The van der Waals surface area contributed by atoms with E-state index in [9.17, 15) is 24.3 Å². The fraction of sp³-hybridized carbons (Fsp3) is 0.829. The molecule has 2 heterocycles. The molecule has 0 aliphatic carbocycles. The highest BCUT2D eigenvalue weighted by Gasteiger charge is 2.40. The predicted octanol–water partition coefficient (Wildman–Crippen LogP) is 3.72. The van der Waals surface area contributed by atoms with E-state index in [1.807, 2.05) is 54.5 Å². The predicted molar refractivity (Wildman–Crippen MR) is 179 cm³/mol. The topological polar surface area (TPSA) is 122 Å². The van der Waals surface area contributed by atoms with Crippen LogP contribution in [0, 0.1) is 17.3 Å². The Balaban J connectivity index is 2.25. The van der Waals surface area contributed by atoms with E-state index in [2.05, 4.69) is 29.4 Å². The Hall–Kier alpha value is -2.46. The summed E-state index contributed by atoms with van der Waals surface area (Å²) in [5.74, 6) is -0.462. The molecule has 0 aromatic carbocycles. The summed E-state index contributed by atoms with van der Waals surface area (Å²) in [4.78, 5) is 60.1. The van der Waals surface area contributed by atoms with Crippen molar-refractivity contribution >= 4 is 23.6 Å². The number of amides is 4. The van der Waals surface area contributed by atoms with Crippen LogP contribution in [0.1, 0.15) is 108 Å². The van der Waals surface area contributed by atoms with E-state index in [0.717, 1.165) is 32.2 Å². The molecule has 0 aromatic rings. The zero-order valence-corrected chi connectivity index (χ0v) is 30.0. The Kier molecular flexibility index (Phi) is 14.6. The molecule has 1 unspecified atom stereocenters. The molecule has 2 rings (SSSR count). The molecule has 258 valence electrons. The molecule has 10 heteroatoms. The molecule has 2 aliphatic heterocycles. The van der Waals surface area contributed by atoms with Gasteiger partial charge >= 0.3 is 0 Å². The number of carbonyl (C=O) groups is 4. The van der Waals surface area contributed by atoms with E-state index in [1.165, 1.54) is 0 Å². The lowest BCUT2D eigenvalue weighted by Crippen LogP contribution is -2.60. The molecule has 2 saturated heterocycles. The van der Waals surface area contributed by atoms with Crippen molar-refractivity contribution in [3.05, 3.63) is 11.6 Å². The number of hydrogen-bond acceptors (Lipinski definition) is 6. The molecule has 45 heavy (non-hydrogen) atoms. The summed E-state index contributed by atoms with van der Waals surface area (Å²) in [7, 11) is 1.74. The Labute approximate surface area is 272 Å². The van der Waals surface area contributed by atoms with E-state index in [4.69, 9.17) is 0 Å². The third-order valence-corrected chi connectivity index (χ3v) is 9.28. The maximum absolute atomic E-state index is 14.1. The normalized spacial score (nSPS) is 22.0. The highest BCUT2D eigenvalue weighted by molar-refractivity contribution is 5.97. The zero-order valence-electron chi connectivity index (χ0n) is 30.0. The molecule has 0 spiro atoms. The summed E-state index contributed by atoms with van der Waals surface area (Å²) < 4.78 is 0. The maximum Gasteiger partial charge on any atom is 0.249 e. The minimum atomic E-state index is -0.742. The SMILES string of the molecule is CC(=C[C@H](C(C)C)N(C)C(=O)[C@@H](NC(=O)[C@H]1CCCCN1C(C)C)C(C)(C)C)C(=O)N1CCC[C@H]1C(=O)NC(CO)CC(C)C. The number of aliphatic hydroxyl groups is 1. The molecule has 4 amide bonds. The van der Waals surface area contributed by atoms with Crippen LogP contribution in [-0.4, -0.2) is 106 Å². The molecule has 3 N–H and O–H groups in total. The van der Waals surface area contributed by atoms with Gasteiger partial charge in [0.05, 0.1) is 24.7 Å². The highest BCUT2D eigenvalue weighted by Crippen LogP contribution is 2.27. The molecule has 0 radical (unpaired) electrons. The third kappa shape index (κ3) is 10.5. The van der Waals surface area contributed by atoms with Crippen LogP contribution in [0.2, 0.25) is 0 Å². The standard InChI is InChI=1S/C35H63N5O5/c1-22(2)19-26(21-41)36-31(42)28-16-14-18-40(28)33(44)25(7)20-29(23(3)4)38(11)34(45)30(35(8,9)10)37-32(43)27-15-12-13-17-39(27)24(5)6/h20,22-24,26-30,41H,12-19,21H2,1-11H3,(H,36,42)(H,37,43)/t26?,27-,28+,29-,30-/m1/s1. The summed E-state index contributed by atoms with van der Waals surface area (Å²) in [5.41, 5.74) is -0.0629. The lowest BCUT2D eigenvalue weighted by atomic mass is 9.84. The fourth-order valence-corrected chi connectivity index (χ4v) is 6.72. The summed E-state index contributed by atoms with van der Waals surface area (Å²) in [6.07, 6.45) is 6.61. The lowest BCUT2D eigenvalue weighted by Gasteiger charge is -2.41. The fourth-order valence-electron chi connectivity index (χ4n) is 6.72. The number of likely N-dealkylation sites (tertiary alicyclic amines) is 2. The van der Waals surface area contributed by atoms with Gasteiger partial charge in [0, 0.05) is 25.2 Å². The van der Waals surface area contributed by atoms with Crippen LogP contribution in [0.3, 0.4) is 0 Å². The number of hydrogen-bond donors (Lipinski definition) is 3. The summed E-state index contributed by atoms with van der Waals surface area (Å²) in [5, 5.41) is 15.8. The van der Waals surface area contributed by atoms with Gasteiger partial charge < -0.3 is 25.5 Å². The largest absolute Gasteiger partial charge is 0.394 e. The monoisotopic (exact) mass is 633 g/mol. The smallest absolute Gasteiger partial charge is 0.249 e. The third-order valence-electron chi connectivity index (χ3n) is 9.28. The van der Waals surface area contributed by atoms with Gasteiger partial charge in [-0.3, -0.25) is 24.1 Å². The van der Waals surface area contributed by atoms with E-state index < -0.39 is 23.5 Å². The van der Waals surface area contributed by atoms with E-state index in [0.29, 0.717) is 30.9 Å². The van der Waals surface area contributed by atoms with Crippen molar-refractivity contribution < 1.29 is 24.3 Å². The van der Waals surface area contributed by atoms with Gasteiger partial charge in [-0.25, -0.2) is 0 Å². The molecule has 10 nitrogen and oxygen atoms in total. The summed E-state index contributed by atoms with van der Waals surface area (Å²) in [6.45, 7) is 21.1. The Morgan fingerprint density at radius 3 is 2.04 bits per heavy atom. The zero-order chi connectivity index (χ0) is 34.2. The molecule has 5 atom stereocenters. The van der Waals surface area contributed by atoms with Gasteiger partial charge in [0.1, 0.15) is 12.1 Å². The molecule has 2 fully saturated rings. The Bertz CT molecular complexity index is 1050. The van der Waals surface area contributed by atoms with Crippen LogP contribution in [-0.2, 0) is 19.2 Å². The Morgan fingerprint density at radius 2 is 1.51 bits per heavy atom. The Morgan fingerprint density at radius 1 is 0.911 bits per heavy atom. The first-order chi connectivity index (χ1) is 20.9. The van der Waals surface area contributed by atoms with Gasteiger partial charge in [-0.15, -0.1) is 0 Å². The van der Waals surface area contributed by atoms with Crippen molar-refractivity contribution in [3.63, 3.8) is 0 Å². The number of carbonyl (C=O) groups excluding carboxylic acids is 4. The van der Waals surface area contributed by atoms with Crippen molar-refractivity contribution in [2.24, 2.45) is 17.3 Å². The van der Waals surface area contributed by atoms with Crippen LogP contribution >= 0.6 is 0 Å². The second-order valence-electron chi connectivity index (χ2n) is 15.4. The first-order valence-corrected chi connectivity index (χ1v) is 17.1. The van der Waals surface area contributed by atoms with Gasteiger partial charge in [0.2, 0.25) is 23.6 Å². The molecule has 0 bridgehead atoms. The average molecular weight is 634 g/mol. The first-order valence-electron chi connectivity index (χ1n) is 17.1. The van der Waals surface area contributed by atoms with Crippen molar-refractivity contribution in [1.29, 1.82) is 0 Å². The highest BCUT2D eigenvalue weighted by atomic mass is 16.3. The van der Waals surface area contributed by atoms with Crippen LogP contribution in [0.5, 0.6) is 0 Å². The van der Waals surface area contributed by atoms with Crippen molar-refractivity contribution in [1.82, 2.24) is 25.3 Å². The molecule has 0 saturated carbocycles. The lowest BCUT2D eigenvalue weighted by molar-refractivity contribution is -0.142. The number of nitrogens with zero attached hydrogens (tertiary/aromatic N) is 3. The first kappa shape index (κ1) is 38.7. The number of piperidine rings is 1. The van der Waals surface area contributed by atoms with Crippen LogP contribution in [0.25, 0.3) is 0 Å².